The number of ether oxygens (including phenoxy) is 2. The summed E-state index contributed by atoms with van der Waals surface area (Å²) >= 11 is 0. The predicted molar refractivity (Wildman–Crippen MR) is 98.7 cm³/mol. The lowest BCUT2D eigenvalue weighted by Crippen LogP contribution is -2.14. The van der Waals surface area contributed by atoms with E-state index in [1.807, 2.05) is 18.2 Å². The number of fused-ring (bicyclic) bond motifs is 1. The zero-order chi connectivity index (χ0) is 18.6. The van der Waals surface area contributed by atoms with E-state index in [0.717, 1.165) is 23.3 Å². The number of halogens is 1. The van der Waals surface area contributed by atoms with Crippen molar-refractivity contribution in [2.75, 3.05) is 11.9 Å². The molecule has 5 nitrogen and oxygen atoms in total. The van der Waals surface area contributed by atoms with Crippen molar-refractivity contribution >= 4 is 11.6 Å². The number of nitrogens with zero attached hydrogens (tertiary/aromatic N) is 1. The molecule has 0 aliphatic carbocycles. The molecule has 1 amide bonds. The summed E-state index contributed by atoms with van der Waals surface area (Å²) < 4.78 is 24.1. The number of rotatable bonds is 5. The molecular formula is C21H17FN2O3. The molecule has 2 aromatic carbocycles. The Kier molecular flexibility index (Phi) is 4.70. The number of pyridine rings is 1. The molecule has 136 valence electrons. The topological polar surface area (TPSA) is 60.5 Å². The van der Waals surface area contributed by atoms with Crippen LogP contribution in [-0.2, 0) is 17.6 Å². The molecule has 1 aliphatic heterocycles. The fourth-order valence-corrected chi connectivity index (χ4v) is 2.91. The molecule has 0 saturated heterocycles. The first-order valence-corrected chi connectivity index (χ1v) is 8.60. The number of carbonyl (C=O) groups is 1. The van der Waals surface area contributed by atoms with Crippen molar-refractivity contribution in [3.8, 4) is 17.4 Å². The van der Waals surface area contributed by atoms with E-state index < -0.39 is 0 Å². The van der Waals surface area contributed by atoms with Crippen molar-refractivity contribution in [3.63, 3.8) is 0 Å². The number of nitrogens with one attached hydrogen (secondary N) is 1. The van der Waals surface area contributed by atoms with Crippen molar-refractivity contribution in [1.82, 2.24) is 4.98 Å². The number of hydrogen-bond acceptors (Lipinski definition) is 4. The summed E-state index contributed by atoms with van der Waals surface area (Å²) in [7, 11) is 0. The predicted octanol–water partition coefficient (Wildman–Crippen LogP) is 4.13. The molecule has 0 saturated carbocycles. The van der Waals surface area contributed by atoms with Crippen molar-refractivity contribution in [2.24, 2.45) is 0 Å². The number of carbonyl (C=O) groups excluding carboxylic acids is 1. The Morgan fingerprint density at radius 3 is 2.93 bits per heavy atom. The standard InChI is InChI=1S/C21H17FN2O3/c22-16-2-1-3-18(12-16)27-21-7-5-17(13-23-21)24-20(25)11-14-4-6-19-15(10-14)8-9-26-19/h1-7,10,12-13H,8-9,11H2,(H,24,25). The average molecular weight is 364 g/mol. The lowest BCUT2D eigenvalue weighted by molar-refractivity contribution is -0.115. The molecule has 6 heteroatoms. The van der Waals surface area contributed by atoms with Gasteiger partial charge in [0, 0.05) is 18.6 Å². The number of benzene rings is 2. The molecule has 1 N–H and O–H groups in total. The van der Waals surface area contributed by atoms with Gasteiger partial charge in [0.2, 0.25) is 11.8 Å². The van der Waals surface area contributed by atoms with Gasteiger partial charge in [0.05, 0.1) is 24.9 Å². The largest absolute Gasteiger partial charge is 0.493 e. The number of aromatic nitrogens is 1. The molecule has 0 spiro atoms. The molecular weight excluding hydrogens is 347 g/mol. The van der Waals surface area contributed by atoms with E-state index in [1.165, 1.54) is 18.3 Å². The van der Waals surface area contributed by atoms with Gasteiger partial charge in [-0.3, -0.25) is 4.79 Å². The molecule has 3 aromatic rings. The first kappa shape index (κ1) is 17.0. The van der Waals surface area contributed by atoms with E-state index in [-0.39, 0.29) is 18.1 Å². The second-order valence-electron chi connectivity index (χ2n) is 6.21. The first-order chi connectivity index (χ1) is 13.2. The van der Waals surface area contributed by atoms with Crippen LogP contribution >= 0.6 is 0 Å². The maximum absolute atomic E-state index is 13.2. The quantitative estimate of drug-likeness (QED) is 0.740. The molecule has 0 atom stereocenters. The van der Waals surface area contributed by atoms with E-state index in [0.29, 0.717) is 23.9 Å². The third kappa shape index (κ3) is 4.23. The number of anilines is 1. The molecule has 1 aromatic heterocycles. The Hall–Kier alpha value is -3.41. The maximum Gasteiger partial charge on any atom is 0.228 e. The van der Waals surface area contributed by atoms with E-state index in [4.69, 9.17) is 9.47 Å². The minimum absolute atomic E-state index is 0.130. The highest BCUT2D eigenvalue weighted by molar-refractivity contribution is 5.92. The highest BCUT2D eigenvalue weighted by Gasteiger charge is 2.13. The molecule has 1 aliphatic rings. The second-order valence-corrected chi connectivity index (χ2v) is 6.21. The van der Waals surface area contributed by atoms with Gasteiger partial charge >= 0.3 is 0 Å². The first-order valence-electron chi connectivity index (χ1n) is 8.60. The highest BCUT2D eigenvalue weighted by Crippen LogP contribution is 2.26. The SMILES string of the molecule is O=C(Cc1ccc2c(c1)CCO2)Nc1ccc(Oc2cccc(F)c2)nc1. The molecule has 0 bridgehead atoms. The van der Waals surface area contributed by atoms with Crippen LogP contribution < -0.4 is 14.8 Å². The third-order valence-electron chi connectivity index (χ3n) is 4.16. The fraction of sp³-hybridized carbons (Fsp3) is 0.143. The normalized spacial score (nSPS) is 12.2. The van der Waals surface area contributed by atoms with E-state index in [1.54, 1.807) is 24.3 Å². The van der Waals surface area contributed by atoms with E-state index in [2.05, 4.69) is 10.3 Å². The van der Waals surface area contributed by atoms with Crippen LogP contribution in [0.1, 0.15) is 11.1 Å². The van der Waals surface area contributed by atoms with Gasteiger partial charge < -0.3 is 14.8 Å². The van der Waals surface area contributed by atoms with Gasteiger partial charge in [0.25, 0.3) is 0 Å². The zero-order valence-electron chi connectivity index (χ0n) is 14.4. The summed E-state index contributed by atoms with van der Waals surface area (Å²) in [6.07, 6.45) is 2.65. The summed E-state index contributed by atoms with van der Waals surface area (Å²) in [6.45, 7) is 0.695. The maximum atomic E-state index is 13.2. The van der Waals surface area contributed by atoms with Gasteiger partial charge in [0.1, 0.15) is 17.3 Å². The Bertz CT molecular complexity index is 973. The van der Waals surface area contributed by atoms with Crippen LogP contribution in [0, 0.1) is 5.82 Å². The number of hydrogen-bond donors (Lipinski definition) is 1. The van der Waals surface area contributed by atoms with Crippen molar-refractivity contribution in [2.45, 2.75) is 12.8 Å². The van der Waals surface area contributed by atoms with Crippen LogP contribution in [0.2, 0.25) is 0 Å². The summed E-state index contributed by atoms with van der Waals surface area (Å²) in [5.41, 5.74) is 2.65. The smallest absolute Gasteiger partial charge is 0.228 e. The minimum atomic E-state index is -0.380. The Balaban J connectivity index is 1.36. The Morgan fingerprint density at radius 1 is 1.19 bits per heavy atom. The van der Waals surface area contributed by atoms with Crippen molar-refractivity contribution < 1.29 is 18.7 Å². The molecule has 4 rings (SSSR count). The highest BCUT2D eigenvalue weighted by atomic mass is 19.1. The van der Waals surface area contributed by atoms with Crippen molar-refractivity contribution in [3.05, 3.63) is 77.7 Å². The minimum Gasteiger partial charge on any atom is -0.493 e. The van der Waals surface area contributed by atoms with Crippen LogP contribution in [0.3, 0.4) is 0 Å². The monoisotopic (exact) mass is 364 g/mol. The Morgan fingerprint density at radius 2 is 2.11 bits per heavy atom. The van der Waals surface area contributed by atoms with Gasteiger partial charge in [-0.1, -0.05) is 18.2 Å². The van der Waals surface area contributed by atoms with Crippen LogP contribution in [0.5, 0.6) is 17.4 Å². The third-order valence-corrected chi connectivity index (χ3v) is 4.16. The number of amides is 1. The second kappa shape index (κ2) is 7.45. The lowest BCUT2D eigenvalue weighted by atomic mass is 10.1. The molecule has 27 heavy (non-hydrogen) atoms. The lowest BCUT2D eigenvalue weighted by Gasteiger charge is -2.08. The van der Waals surface area contributed by atoms with Gasteiger partial charge in [-0.2, -0.15) is 0 Å². The van der Waals surface area contributed by atoms with Crippen LogP contribution in [0.25, 0.3) is 0 Å². The van der Waals surface area contributed by atoms with Gasteiger partial charge in [-0.25, -0.2) is 9.37 Å². The van der Waals surface area contributed by atoms with E-state index >= 15 is 0 Å². The van der Waals surface area contributed by atoms with Crippen LogP contribution in [-0.4, -0.2) is 17.5 Å². The van der Waals surface area contributed by atoms with E-state index in [9.17, 15) is 9.18 Å². The average Bonchev–Trinajstić information content (AvgIpc) is 3.11. The summed E-state index contributed by atoms with van der Waals surface area (Å²) in [4.78, 5) is 16.4. The summed E-state index contributed by atoms with van der Waals surface area (Å²) in [5, 5.41) is 2.81. The van der Waals surface area contributed by atoms with Crippen LogP contribution in [0.4, 0.5) is 10.1 Å². The molecule has 0 fully saturated rings. The zero-order valence-corrected chi connectivity index (χ0v) is 14.4. The van der Waals surface area contributed by atoms with Crippen LogP contribution in [0.15, 0.2) is 60.8 Å². The van der Waals surface area contributed by atoms with Gasteiger partial charge in [-0.15, -0.1) is 0 Å². The fourth-order valence-electron chi connectivity index (χ4n) is 2.91. The summed E-state index contributed by atoms with van der Waals surface area (Å²) in [6, 6.07) is 14.9. The molecule has 2 heterocycles. The van der Waals surface area contributed by atoms with Gasteiger partial charge in [-0.05, 0) is 35.4 Å². The molecule has 0 unspecified atom stereocenters. The molecule has 0 radical (unpaired) electrons. The van der Waals surface area contributed by atoms with Gasteiger partial charge in [0.15, 0.2) is 0 Å². The Labute approximate surface area is 155 Å². The summed E-state index contributed by atoms with van der Waals surface area (Å²) in [5.74, 6) is 1.07. The van der Waals surface area contributed by atoms with Crippen molar-refractivity contribution in [1.29, 1.82) is 0 Å².